The lowest BCUT2D eigenvalue weighted by atomic mass is 10.2. The van der Waals surface area contributed by atoms with Crippen molar-refractivity contribution in [3.63, 3.8) is 0 Å². The van der Waals surface area contributed by atoms with Gasteiger partial charge in [0.1, 0.15) is 0 Å². The van der Waals surface area contributed by atoms with E-state index >= 15 is 0 Å². The molecule has 1 rings (SSSR count). The summed E-state index contributed by atoms with van der Waals surface area (Å²) in [7, 11) is 0. The molecule has 0 spiro atoms. The van der Waals surface area contributed by atoms with Gasteiger partial charge in [0.2, 0.25) is 5.91 Å². The summed E-state index contributed by atoms with van der Waals surface area (Å²) in [4.78, 5) is 23.4. The second-order valence-corrected chi connectivity index (χ2v) is 5.06. The fourth-order valence-electron chi connectivity index (χ4n) is 1.81. The number of rotatable bonds is 10. The van der Waals surface area contributed by atoms with Gasteiger partial charge >= 0.3 is 0 Å². The summed E-state index contributed by atoms with van der Waals surface area (Å²) in [5.74, 6) is -0.206. The predicted octanol–water partition coefficient (Wildman–Crippen LogP) is 2.97. The molecule has 0 saturated heterocycles. The van der Waals surface area contributed by atoms with Crippen LogP contribution in [0.4, 0.5) is 5.69 Å². The highest BCUT2D eigenvalue weighted by molar-refractivity contribution is 5.97. The normalized spacial score (nSPS) is 10.3. The molecule has 0 unspecified atom stereocenters. The summed E-state index contributed by atoms with van der Waals surface area (Å²) >= 11 is 0. The minimum atomic E-state index is -0.138. The fourth-order valence-corrected chi connectivity index (χ4v) is 1.81. The molecule has 0 atom stereocenters. The predicted molar refractivity (Wildman–Crippen MR) is 88.0 cm³/mol. The third-order valence-corrected chi connectivity index (χ3v) is 3.12. The lowest BCUT2D eigenvalue weighted by Gasteiger charge is -2.08. The SMILES string of the molecule is CCCCOCCCNC(=O)c1cccc(NC(=O)CC)c1. The maximum Gasteiger partial charge on any atom is 0.251 e. The third-order valence-electron chi connectivity index (χ3n) is 3.12. The maximum atomic E-state index is 12.0. The zero-order chi connectivity index (χ0) is 16.2. The average molecular weight is 306 g/mol. The average Bonchev–Trinajstić information content (AvgIpc) is 2.54. The molecule has 2 N–H and O–H groups in total. The summed E-state index contributed by atoms with van der Waals surface area (Å²) < 4.78 is 5.44. The van der Waals surface area contributed by atoms with Crippen LogP contribution in [-0.4, -0.2) is 31.6 Å². The van der Waals surface area contributed by atoms with Crippen LogP contribution in [0.15, 0.2) is 24.3 Å². The van der Waals surface area contributed by atoms with Gasteiger partial charge < -0.3 is 15.4 Å². The van der Waals surface area contributed by atoms with E-state index in [1.807, 2.05) is 0 Å². The van der Waals surface area contributed by atoms with E-state index in [0.717, 1.165) is 25.9 Å². The molecule has 1 aromatic rings. The van der Waals surface area contributed by atoms with Gasteiger partial charge in [0.15, 0.2) is 0 Å². The molecule has 0 aliphatic rings. The van der Waals surface area contributed by atoms with Gasteiger partial charge in [-0.15, -0.1) is 0 Å². The zero-order valence-corrected chi connectivity index (χ0v) is 13.5. The highest BCUT2D eigenvalue weighted by Crippen LogP contribution is 2.11. The summed E-state index contributed by atoms with van der Waals surface area (Å²) in [6, 6.07) is 6.94. The van der Waals surface area contributed by atoms with Gasteiger partial charge in [-0.3, -0.25) is 9.59 Å². The van der Waals surface area contributed by atoms with Gasteiger partial charge in [0, 0.05) is 37.4 Å². The Morgan fingerprint density at radius 2 is 1.91 bits per heavy atom. The summed E-state index contributed by atoms with van der Waals surface area (Å²) in [5, 5.41) is 5.60. The van der Waals surface area contributed by atoms with E-state index in [1.165, 1.54) is 0 Å². The molecule has 0 aromatic heterocycles. The van der Waals surface area contributed by atoms with Gasteiger partial charge in [-0.25, -0.2) is 0 Å². The van der Waals surface area contributed by atoms with Gasteiger partial charge in [0.25, 0.3) is 5.91 Å². The number of anilines is 1. The Morgan fingerprint density at radius 1 is 1.14 bits per heavy atom. The Bertz CT molecular complexity index is 475. The van der Waals surface area contributed by atoms with Gasteiger partial charge in [-0.05, 0) is 31.0 Å². The molecule has 0 bridgehead atoms. The number of hydrogen-bond donors (Lipinski definition) is 2. The van der Waals surface area contributed by atoms with Crippen molar-refractivity contribution in [2.45, 2.75) is 39.5 Å². The van der Waals surface area contributed by atoms with Crippen LogP contribution in [-0.2, 0) is 9.53 Å². The van der Waals surface area contributed by atoms with Crippen LogP contribution in [0.2, 0.25) is 0 Å². The number of benzene rings is 1. The van der Waals surface area contributed by atoms with Gasteiger partial charge in [-0.2, -0.15) is 0 Å². The Hall–Kier alpha value is -1.88. The number of ether oxygens (including phenoxy) is 1. The Balaban J connectivity index is 2.33. The van der Waals surface area contributed by atoms with E-state index in [-0.39, 0.29) is 11.8 Å². The fraction of sp³-hybridized carbons (Fsp3) is 0.529. The highest BCUT2D eigenvalue weighted by atomic mass is 16.5. The third kappa shape index (κ3) is 7.22. The van der Waals surface area contributed by atoms with E-state index < -0.39 is 0 Å². The first-order valence-corrected chi connectivity index (χ1v) is 7.93. The van der Waals surface area contributed by atoms with Crippen molar-refractivity contribution < 1.29 is 14.3 Å². The van der Waals surface area contributed by atoms with Crippen molar-refractivity contribution in [2.24, 2.45) is 0 Å². The van der Waals surface area contributed by atoms with Crippen molar-refractivity contribution in [2.75, 3.05) is 25.1 Å². The number of hydrogen-bond acceptors (Lipinski definition) is 3. The second kappa shape index (κ2) is 10.8. The van der Waals surface area contributed by atoms with E-state index in [9.17, 15) is 9.59 Å². The van der Waals surface area contributed by atoms with Crippen molar-refractivity contribution in [3.05, 3.63) is 29.8 Å². The van der Waals surface area contributed by atoms with Crippen LogP contribution in [0.25, 0.3) is 0 Å². The first-order chi connectivity index (χ1) is 10.7. The molecule has 1 aromatic carbocycles. The lowest BCUT2D eigenvalue weighted by molar-refractivity contribution is -0.115. The van der Waals surface area contributed by atoms with Crippen molar-refractivity contribution >= 4 is 17.5 Å². The van der Waals surface area contributed by atoms with Crippen LogP contribution in [0.3, 0.4) is 0 Å². The first-order valence-electron chi connectivity index (χ1n) is 7.93. The molecule has 0 fully saturated rings. The molecular formula is C17H26N2O3. The molecule has 122 valence electrons. The smallest absolute Gasteiger partial charge is 0.251 e. The summed E-state index contributed by atoms with van der Waals surface area (Å²) in [5.41, 5.74) is 1.18. The van der Waals surface area contributed by atoms with Crippen LogP contribution in [0.1, 0.15) is 49.9 Å². The van der Waals surface area contributed by atoms with Crippen LogP contribution in [0.5, 0.6) is 0 Å². The highest BCUT2D eigenvalue weighted by Gasteiger charge is 2.06. The lowest BCUT2D eigenvalue weighted by Crippen LogP contribution is -2.25. The van der Waals surface area contributed by atoms with Gasteiger partial charge in [0.05, 0.1) is 0 Å². The maximum absolute atomic E-state index is 12.0. The Labute approximate surface area is 132 Å². The van der Waals surface area contributed by atoms with Gasteiger partial charge in [-0.1, -0.05) is 26.3 Å². The first kappa shape index (κ1) is 18.2. The minimum absolute atomic E-state index is 0.0678. The molecule has 0 heterocycles. The molecule has 22 heavy (non-hydrogen) atoms. The summed E-state index contributed by atoms with van der Waals surface area (Å²) in [6.07, 6.45) is 3.40. The Morgan fingerprint density at radius 3 is 2.64 bits per heavy atom. The zero-order valence-electron chi connectivity index (χ0n) is 13.5. The van der Waals surface area contributed by atoms with Crippen LogP contribution >= 0.6 is 0 Å². The minimum Gasteiger partial charge on any atom is -0.381 e. The molecule has 0 aliphatic heterocycles. The molecule has 0 aliphatic carbocycles. The van der Waals surface area contributed by atoms with Crippen LogP contribution < -0.4 is 10.6 Å². The van der Waals surface area contributed by atoms with Crippen LogP contribution in [0, 0.1) is 0 Å². The molecule has 5 nitrogen and oxygen atoms in total. The number of carbonyl (C=O) groups excluding carboxylic acids is 2. The number of unbranched alkanes of at least 4 members (excludes halogenated alkanes) is 1. The quantitative estimate of drug-likeness (QED) is 0.653. The number of amides is 2. The number of carbonyl (C=O) groups is 2. The monoisotopic (exact) mass is 306 g/mol. The molecule has 0 saturated carbocycles. The number of nitrogens with one attached hydrogen (secondary N) is 2. The topological polar surface area (TPSA) is 67.4 Å². The molecule has 2 amide bonds. The molecule has 5 heteroatoms. The van der Waals surface area contributed by atoms with E-state index in [4.69, 9.17) is 4.74 Å². The van der Waals surface area contributed by atoms with Crippen molar-refractivity contribution in [1.29, 1.82) is 0 Å². The molecule has 0 radical (unpaired) electrons. The largest absolute Gasteiger partial charge is 0.381 e. The van der Waals surface area contributed by atoms with E-state index in [2.05, 4.69) is 17.6 Å². The summed E-state index contributed by atoms with van der Waals surface area (Å²) in [6.45, 7) is 5.93. The van der Waals surface area contributed by atoms with E-state index in [0.29, 0.717) is 30.8 Å². The van der Waals surface area contributed by atoms with E-state index in [1.54, 1.807) is 31.2 Å². The Kier molecular flexibility index (Phi) is 8.91. The second-order valence-electron chi connectivity index (χ2n) is 5.06. The standard InChI is InChI=1S/C17H26N2O3/c1-3-5-11-22-12-7-10-18-17(21)14-8-6-9-15(13-14)19-16(20)4-2/h6,8-9,13H,3-5,7,10-12H2,1-2H3,(H,18,21)(H,19,20). The molecular weight excluding hydrogens is 280 g/mol. The van der Waals surface area contributed by atoms with Crippen molar-refractivity contribution in [3.8, 4) is 0 Å². The van der Waals surface area contributed by atoms with Crippen molar-refractivity contribution in [1.82, 2.24) is 5.32 Å².